The van der Waals surface area contributed by atoms with Crippen LogP contribution < -0.4 is 4.74 Å². The molecule has 4 rings (SSSR count). The van der Waals surface area contributed by atoms with Crippen molar-refractivity contribution in [1.82, 2.24) is 4.31 Å². The van der Waals surface area contributed by atoms with Crippen LogP contribution in [0.2, 0.25) is 5.02 Å². The zero-order valence-corrected chi connectivity index (χ0v) is 19.4. The van der Waals surface area contributed by atoms with E-state index in [1.54, 1.807) is 30.3 Å². The lowest BCUT2D eigenvalue weighted by molar-refractivity contribution is -0.00441. The highest BCUT2D eigenvalue weighted by Crippen LogP contribution is 2.32. The van der Waals surface area contributed by atoms with Crippen molar-refractivity contribution >= 4 is 21.6 Å². The lowest BCUT2D eigenvalue weighted by Gasteiger charge is -2.37. The minimum absolute atomic E-state index is 0.148. The number of benzene rings is 3. The van der Waals surface area contributed by atoms with Gasteiger partial charge in [0.15, 0.2) is 0 Å². The summed E-state index contributed by atoms with van der Waals surface area (Å²) < 4.78 is 33.4. The Balaban J connectivity index is 1.43. The van der Waals surface area contributed by atoms with Gasteiger partial charge >= 0.3 is 0 Å². The molecule has 3 aromatic rings. The molecule has 0 atom stereocenters. The average Bonchev–Trinajstić information content (AvgIpc) is 2.80. The maximum absolute atomic E-state index is 13.1. The largest absolute Gasteiger partial charge is 0.456 e. The van der Waals surface area contributed by atoms with E-state index < -0.39 is 15.6 Å². The van der Waals surface area contributed by atoms with E-state index in [2.05, 4.69) is 0 Å². The summed E-state index contributed by atoms with van der Waals surface area (Å²) in [5.74, 6) is 0.693. The monoisotopic (exact) mass is 482 g/mol. The molecule has 0 bridgehead atoms. The van der Waals surface area contributed by atoms with E-state index in [1.807, 2.05) is 36.4 Å². The molecule has 1 saturated heterocycles. The number of nitriles is 1. The van der Waals surface area contributed by atoms with Gasteiger partial charge in [-0.15, -0.1) is 0 Å². The molecule has 1 aliphatic rings. The Labute approximate surface area is 198 Å². The van der Waals surface area contributed by atoms with Gasteiger partial charge in [-0.2, -0.15) is 9.57 Å². The topological polar surface area (TPSA) is 90.6 Å². The number of halogens is 1. The molecule has 0 aliphatic carbocycles. The van der Waals surface area contributed by atoms with Crippen LogP contribution in [0.25, 0.3) is 0 Å². The molecule has 1 fully saturated rings. The number of sulfonamides is 1. The Morgan fingerprint density at radius 2 is 1.67 bits per heavy atom. The third-order valence-electron chi connectivity index (χ3n) is 5.81. The first-order valence-corrected chi connectivity index (χ1v) is 12.4. The van der Waals surface area contributed by atoms with Crippen LogP contribution >= 0.6 is 11.6 Å². The minimum atomic E-state index is -3.70. The van der Waals surface area contributed by atoms with E-state index in [0.717, 1.165) is 5.56 Å². The number of nitrogens with zero attached hydrogens (tertiary/aromatic N) is 2. The summed E-state index contributed by atoms with van der Waals surface area (Å²) in [5, 5.41) is 20.5. The first-order chi connectivity index (χ1) is 15.8. The fraction of sp³-hybridized carbons (Fsp3) is 0.240. The van der Waals surface area contributed by atoms with Gasteiger partial charge in [0.2, 0.25) is 10.0 Å². The molecule has 1 aliphatic heterocycles. The molecule has 0 unspecified atom stereocenters. The zero-order chi connectivity index (χ0) is 23.5. The van der Waals surface area contributed by atoms with Crippen LogP contribution in [0.3, 0.4) is 0 Å². The Hall–Kier alpha value is -2.89. The number of hydrogen-bond acceptors (Lipinski definition) is 5. The molecule has 3 aromatic carbocycles. The Morgan fingerprint density at radius 3 is 2.30 bits per heavy atom. The normalized spacial score (nSPS) is 16.2. The second-order valence-electron chi connectivity index (χ2n) is 8.09. The van der Waals surface area contributed by atoms with Crippen molar-refractivity contribution in [3.63, 3.8) is 0 Å². The molecule has 0 radical (unpaired) electrons. The van der Waals surface area contributed by atoms with Crippen molar-refractivity contribution < 1.29 is 18.3 Å². The fourth-order valence-corrected chi connectivity index (χ4v) is 5.60. The molecule has 8 heteroatoms. The third-order valence-corrected chi connectivity index (χ3v) is 8.03. The van der Waals surface area contributed by atoms with Crippen LogP contribution in [0.1, 0.15) is 24.0 Å². The summed E-state index contributed by atoms with van der Waals surface area (Å²) in [6.45, 7) is 0.496. The van der Waals surface area contributed by atoms with Crippen molar-refractivity contribution in [2.75, 3.05) is 13.1 Å². The lowest BCUT2D eigenvalue weighted by Crippen LogP contribution is -2.47. The Bertz CT molecular complexity index is 1260. The highest BCUT2D eigenvalue weighted by molar-refractivity contribution is 7.89. The quantitative estimate of drug-likeness (QED) is 0.547. The van der Waals surface area contributed by atoms with Gasteiger partial charge < -0.3 is 9.84 Å². The smallest absolute Gasteiger partial charge is 0.243 e. The van der Waals surface area contributed by atoms with Crippen molar-refractivity contribution in [2.24, 2.45) is 0 Å². The number of hydrogen-bond donors (Lipinski definition) is 1. The molecule has 33 heavy (non-hydrogen) atoms. The summed E-state index contributed by atoms with van der Waals surface area (Å²) in [7, 11) is -3.70. The molecule has 1 N–H and O–H groups in total. The summed E-state index contributed by atoms with van der Waals surface area (Å²) in [6, 6.07) is 22.7. The molecule has 0 amide bonds. The number of ether oxygens (including phenoxy) is 1. The molecule has 6 nitrogen and oxygen atoms in total. The molecule has 170 valence electrons. The SMILES string of the molecule is N#Cc1c(Cl)cccc1Oc1ccc(S(=O)(=O)N2CCC(O)(Cc3ccccc3)CC2)cc1. The molecular weight excluding hydrogens is 460 g/mol. The van der Waals surface area contributed by atoms with Crippen LogP contribution in [-0.2, 0) is 16.4 Å². The number of rotatable bonds is 6. The van der Waals surface area contributed by atoms with E-state index >= 15 is 0 Å². The predicted octanol–water partition coefficient (Wildman–Crippen LogP) is 4.76. The first-order valence-electron chi connectivity index (χ1n) is 10.5. The Morgan fingerprint density at radius 1 is 1.00 bits per heavy atom. The van der Waals surface area contributed by atoms with E-state index in [9.17, 15) is 18.8 Å². The molecule has 0 saturated carbocycles. The molecular formula is C25H23ClN2O4S. The van der Waals surface area contributed by atoms with Crippen LogP contribution in [0.15, 0.2) is 77.7 Å². The van der Waals surface area contributed by atoms with Gasteiger partial charge in [0.05, 0.1) is 15.5 Å². The lowest BCUT2D eigenvalue weighted by atomic mass is 9.86. The number of piperidine rings is 1. The predicted molar refractivity (Wildman–Crippen MR) is 126 cm³/mol. The first kappa shape index (κ1) is 23.3. The summed E-state index contributed by atoms with van der Waals surface area (Å²) in [4.78, 5) is 0.148. The van der Waals surface area contributed by atoms with Crippen molar-refractivity contribution in [3.8, 4) is 17.6 Å². The van der Waals surface area contributed by atoms with E-state index in [0.29, 0.717) is 30.8 Å². The van der Waals surface area contributed by atoms with Gasteiger partial charge in [-0.1, -0.05) is 48.0 Å². The molecule has 0 aromatic heterocycles. The van der Waals surface area contributed by atoms with Crippen molar-refractivity contribution in [2.45, 2.75) is 29.8 Å². The highest BCUT2D eigenvalue weighted by atomic mass is 35.5. The summed E-state index contributed by atoms with van der Waals surface area (Å²) in [6.07, 6.45) is 1.24. The van der Waals surface area contributed by atoms with Crippen molar-refractivity contribution in [3.05, 3.63) is 88.9 Å². The Kier molecular flexibility index (Phi) is 6.73. The summed E-state index contributed by atoms with van der Waals surface area (Å²) >= 11 is 6.03. The van der Waals surface area contributed by atoms with E-state index in [1.165, 1.54) is 16.4 Å². The van der Waals surface area contributed by atoms with Crippen LogP contribution in [-0.4, -0.2) is 36.5 Å². The second kappa shape index (κ2) is 9.54. The summed E-state index contributed by atoms with van der Waals surface area (Å²) in [5.41, 5.74) is 0.332. The van der Waals surface area contributed by atoms with Crippen molar-refractivity contribution in [1.29, 1.82) is 5.26 Å². The molecule has 0 spiro atoms. The van der Waals surface area contributed by atoms with Gasteiger partial charge in [-0.05, 0) is 54.8 Å². The van der Waals surface area contributed by atoms with Gasteiger partial charge in [0.1, 0.15) is 23.1 Å². The minimum Gasteiger partial charge on any atom is -0.456 e. The standard InChI is InChI=1S/C25H23ClN2O4S/c26-23-7-4-8-24(22(23)18-27)32-20-9-11-21(12-10-20)33(30,31)28-15-13-25(29,14-16-28)17-19-5-2-1-3-6-19/h1-12,29H,13-17H2. The maximum Gasteiger partial charge on any atom is 0.243 e. The number of aliphatic hydroxyl groups is 1. The van der Waals surface area contributed by atoms with E-state index in [-0.39, 0.29) is 28.6 Å². The van der Waals surface area contributed by atoms with E-state index in [4.69, 9.17) is 16.3 Å². The second-order valence-corrected chi connectivity index (χ2v) is 10.4. The van der Waals surface area contributed by atoms with Gasteiger partial charge in [-0.3, -0.25) is 0 Å². The molecule has 1 heterocycles. The van der Waals surface area contributed by atoms with Gasteiger partial charge in [-0.25, -0.2) is 8.42 Å². The van der Waals surface area contributed by atoms with Crippen LogP contribution in [0, 0.1) is 11.3 Å². The van der Waals surface area contributed by atoms with Crippen LogP contribution in [0.5, 0.6) is 11.5 Å². The van der Waals surface area contributed by atoms with Crippen LogP contribution in [0.4, 0.5) is 0 Å². The van der Waals surface area contributed by atoms with Gasteiger partial charge in [0, 0.05) is 19.5 Å². The third kappa shape index (κ3) is 5.21. The fourth-order valence-electron chi connectivity index (χ4n) is 3.95. The zero-order valence-electron chi connectivity index (χ0n) is 17.8. The van der Waals surface area contributed by atoms with Gasteiger partial charge in [0.25, 0.3) is 0 Å². The highest BCUT2D eigenvalue weighted by Gasteiger charge is 2.37. The maximum atomic E-state index is 13.1. The average molecular weight is 483 g/mol.